The van der Waals surface area contributed by atoms with Crippen LogP contribution in [0.25, 0.3) is 0 Å². The number of rotatable bonds is 4. The maximum Gasteiger partial charge on any atom is 0.337 e. The first-order valence-corrected chi connectivity index (χ1v) is 6.75. The van der Waals surface area contributed by atoms with Crippen LogP contribution in [0.15, 0.2) is 18.2 Å². The van der Waals surface area contributed by atoms with Gasteiger partial charge in [0.15, 0.2) is 9.84 Å². The standard InChI is InChI=1S/C10H10FNO5S/c1-18(16,17)5-9(13)12-8-3-2-6(11)4-7(8)10(14)15/h2-4H,5H2,1H3,(H,12,13)(H,14,15). The van der Waals surface area contributed by atoms with Gasteiger partial charge in [0.1, 0.15) is 11.6 Å². The van der Waals surface area contributed by atoms with Gasteiger partial charge < -0.3 is 10.4 Å². The summed E-state index contributed by atoms with van der Waals surface area (Å²) in [6.07, 6.45) is 0.870. The second-order valence-electron chi connectivity index (χ2n) is 3.61. The van der Waals surface area contributed by atoms with Crippen molar-refractivity contribution in [2.75, 3.05) is 17.3 Å². The minimum absolute atomic E-state index is 0.155. The molecule has 0 bridgehead atoms. The van der Waals surface area contributed by atoms with E-state index >= 15 is 0 Å². The molecule has 0 spiro atoms. The highest BCUT2D eigenvalue weighted by molar-refractivity contribution is 7.91. The fourth-order valence-corrected chi connectivity index (χ4v) is 1.78. The molecule has 0 aliphatic heterocycles. The lowest BCUT2D eigenvalue weighted by Gasteiger charge is -2.07. The number of anilines is 1. The number of sulfone groups is 1. The van der Waals surface area contributed by atoms with Crippen LogP contribution in [0.2, 0.25) is 0 Å². The lowest BCUT2D eigenvalue weighted by atomic mass is 10.1. The van der Waals surface area contributed by atoms with E-state index in [4.69, 9.17) is 5.11 Å². The Bertz CT molecular complexity index is 596. The number of benzene rings is 1. The summed E-state index contributed by atoms with van der Waals surface area (Å²) in [6.45, 7) is 0. The van der Waals surface area contributed by atoms with E-state index in [9.17, 15) is 22.4 Å². The molecule has 0 radical (unpaired) electrons. The van der Waals surface area contributed by atoms with Gasteiger partial charge in [-0.1, -0.05) is 0 Å². The summed E-state index contributed by atoms with van der Waals surface area (Å²) in [5.74, 6) is -3.85. The van der Waals surface area contributed by atoms with E-state index in [1.165, 1.54) is 0 Å². The third-order valence-electron chi connectivity index (χ3n) is 1.88. The van der Waals surface area contributed by atoms with Gasteiger partial charge in [0.2, 0.25) is 5.91 Å². The van der Waals surface area contributed by atoms with Gasteiger partial charge in [-0.25, -0.2) is 17.6 Å². The molecule has 0 fully saturated rings. The van der Waals surface area contributed by atoms with Crippen molar-refractivity contribution in [3.05, 3.63) is 29.6 Å². The Labute approximate surface area is 102 Å². The van der Waals surface area contributed by atoms with Crippen molar-refractivity contribution in [1.82, 2.24) is 0 Å². The molecular weight excluding hydrogens is 265 g/mol. The topological polar surface area (TPSA) is 101 Å². The molecule has 0 heterocycles. The number of hydrogen-bond donors (Lipinski definition) is 2. The maximum atomic E-state index is 12.8. The molecule has 8 heteroatoms. The molecule has 1 aromatic carbocycles. The van der Waals surface area contributed by atoms with Crippen molar-refractivity contribution in [2.24, 2.45) is 0 Å². The zero-order valence-electron chi connectivity index (χ0n) is 9.31. The molecule has 0 aliphatic rings. The Kier molecular flexibility index (Phi) is 4.02. The number of nitrogens with one attached hydrogen (secondary N) is 1. The number of carboxylic acid groups (broad SMARTS) is 1. The Hall–Kier alpha value is -1.96. The number of amides is 1. The van der Waals surface area contributed by atoms with Crippen LogP contribution in [0.3, 0.4) is 0 Å². The number of hydrogen-bond acceptors (Lipinski definition) is 4. The molecule has 0 aromatic heterocycles. The zero-order chi connectivity index (χ0) is 13.9. The Morgan fingerprint density at radius 1 is 1.39 bits per heavy atom. The van der Waals surface area contributed by atoms with Gasteiger partial charge in [0.05, 0.1) is 11.3 Å². The average Bonchev–Trinajstić information content (AvgIpc) is 2.17. The minimum atomic E-state index is -3.52. The molecule has 0 saturated heterocycles. The van der Waals surface area contributed by atoms with E-state index in [1.54, 1.807) is 0 Å². The largest absolute Gasteiger partial charge is 0.478 e. The first kappa shape index (κ1) is 14.1. The second kappa shape index (κ2) is 5.13. The predicted molar refractivity (Wildman–Crippen MR) is 61.7 cm³/mol. The van der Waals surface area contributed by atoms with Crippen molar-refractivity contribution >= 4 is 27.4 Å². The Morgan fingerprint density at radius 3 is 2.50 bits per heavy atom. The van der Waals surface area contributed by atoms with E-state index < -0.39 is 38.8 Å². The fourth-order valence-electron chi connectivity index (χ4n) is 1.23. The zero-order valence-corrected chi connectivity index (χ0v) is 10.1. The average molecular weight is 275 g/mol. The van der Waals surface area contributed by atoms with Crippen LogP contribution in [0.5, 0.6) is 0 Å². The van der Waals surface area contributed by atoms with Crippen LogP contribution in [0.1, 0.15) is 10.4 Å². The summed E-state index contributed by atoms with van der Waals surface area (Å²) in [4.78, 5) is 22.1. The molecule has 0 atom stereocenters. The fraction of sp³-hybridized carbons (Fsp3) is 0.200. The SMILES string of the molecule is CS(=O)(=O)CC(=O)Nc1ccc(F)cc1C(=O)O. The van der Waals surface area contributed by atoms with Gasteiger partial charge >= 0.3 is 5.97 Å². The van der Waals surface area contributed by atoms with Gasteiger partial charge in [-0.3, -0.25) is 4.79 Å². The van der Waals surface area contributed by atoms with Crippen molar-refractivity contribution in [2.45, 2.75) is 0 Å². The van der Waals surface area contributed by atoms with Crippen molar-refractivity contribution < 1.29 is 27.5 Å². The van der Waals surface area contributed by atoms with Crippen LogP contribution in [0, 0.1) is 5.82 Å². The molecule has 6 nitrogen and oxygen atoms in total. The molecule has 0 unspecified atom stereocenters. The van der Waals surface area contributed by atoms with Crippen LogP contribution in [0.4, 0.5) is 10.1 Å². The molecule has 0 aliphatic carbocycles. The molecule has 18 heavy (non-hydrogen) atoms. The smallest absolute Gasteiger partial charge is 0.337 e. The summed E-state index contributed by atoms with van der Waals surface area (Å²) < 4.78 is 34.6. The molecule has 98 valence electrons. The van der Waals surface area contributed by atoms with E-state index in [1.807, 2.05) is 0 Å². The maximum absolute atomic E-state index is 12.8. The summed E-state index contributed by atoms with van der Waals surface area (Å²) in [5, 5.41) is 10.9. The first-order valence-electron chi connectivity index (χ1n) is 4.69. The highest BCUT2D eigenvalue weighted by atomic mass is 32.2. The lowest BCUT2D eigenvalue weighted by molar-refractivity contribution is -0.113. The summed E-state index contributed by atoms with van der Waals surface area (Å²) >= 11 is 0. The van der Waals surface area contributed by atoms with Gasteiger partial charge in [-0.2, -0.15) is 0 Å². The van der Waals surface area contributed by atoms with Gasteiger partial charge in [-0.15, -0.1) is 0 Å². The highest BCUT2D eigenvalue weighted by Gasteiger charge is 2.16. The number of aromatic carboxylic acids is 1. The summed E-state index contributed by atoms with van der Waals surface area (Å²) in [7, 11) is -3.52. The van der Waals surface area contributed by atoms with Crippen molar-refractivity contribution in [3.63, 3.8) is 0 Å². The number of halogens is 1. The molecule has 1 amide bonds. The lowest BCUT2D eigenvalue weighted by Crippen LogP contribution is -2.23. The predicted octanol–water partition coefficient (Wildman–Crippen LogP) is 0.507. The quantitative estimate of drug-likeness (QED) is 0.833. The number of carboxylic acids is 1. The first-order chi connectivity index (χ1) is 8.19. The number of carbonyl (C=O) groups is 2. The van der Waals surface area contributed by atoms with E-state index in [0.717, 1.165) is 24.5 Å². The van der Waals surface area contributed by atoms with Crippen molar-refractivity contribution in [3.8, 4) is 0 Å². The molecule has 2 N–H and O–H groups in total. The third-order valence-corrected chi connectivity index (χ3v) is 2.67. The molecular formula is C10H10FNO5S. The van der Waals surface area contributed by atoms with Gasteiger partial charge in [0.25, 0.3) is 0 Å². The van der Waals surface area contributed by atoms with Crippen LogP contribution < -0.4 is 5.32 Å². The molecule has 1 rings (SSSR count). The summed E-state index contributed by atoms with van der Waals surface area (Å²) in [5.41, 5.74) is -0.602. The van der Waals surface area contributed by atoms with E-state index in [-0.39, 0.29) is 5.69 Å². The second-order valence-corrected chi connectivity index (χ2v) is 5.75. The minimum Gasteiger partial charge on any atom is -0.478 e. The summed E-state index contributed by atoms with van der Waals surface area (Å²) in [6, 6.07) is 2.75. The van der Waals surface area contributed by atoms with Gasteiger partial charge in [0, 0.05) is 6.26 Å². The van der Waals surface area contributed by atoms with Crippen LogP contribution in [-0.4, -0.2) is 37.4 Å². The Balaban J connectivity index is 2.98. The van der Waals surface area contributed by atoms with Crippen molar-refractivity contribution in [1.29, 1.82) is 0 Å². The highest BCUT2D eigenvalue weighted by Crippen LogP contribution is 2.17. The van der Waals surface area contributed by atoms with Crippen LogP contribution in [-0.2, 0) is 14.6 Å². The van der Waals surface area contributed by atoms with E-state index in [0.29, 0.717) is 0 Å². The monoisotopic (exact) mass is 275 g/mol. The molecule has 1 aromatic rings. The van der Waals surface area contributed by atoms with Crippen LogP contribution >= 0.6 is 0 Å². The third kappa shape index (κ3) is 4.13. The normalized spacial score (nSPS) is 11.0. The molecule has 0 saturated carbocycles. The number of carbonyl (C=O) groups excluding carboxylic acids is 1. The van der Waals surface area contributed by atoms with Gasteiger partial charge in [-0.05, 0) is 18.2 Å². The Morgan fingerprint density at radius 2 is 2.00 bits per heavy atom. The van der Waals surface area contributed by atoms with E-state index in [2.05, 4.69) is 5.32 Å².